The van der Waals surface area contributed by atoms with Gasteiger partial charge in [0.15, 0.2) is 0 Å². The summed E-state index contributed by atoms with van der Waals surface area (Å²) in [6.07, 6.45) is 5.62. The van der Waals surface area contributed by atoms with Gasteiger partial charge in [-0.2, -0.15) is 0 Å². The van der Waals surface area contributed by atoms with Crippen molar-refractivity contribution in [2.75, 3.05) is 24.5 Å². The Morgan fingerprint density at radius 3 is 2.53 bits per heavy atom. The Hall–Kier alpha value is -3.42. The molecule has 2 amide bonds. The average molecular weight is 519 g/mol. The highest BCUT2D eigenvalue weighted by Gasteiger charge is 2.26. The van der Waals surface area contributed by atoms with Gasteiger partial charge in [-0.25, -0.2) is 0 Å². The average Bonchev–Trinajstić information content (AvgIpc) is 3.35. The van der Waals surface area contributed by atoms with Crippen LogP contribution in [0.1, 0.15) is 34.1 Å². The molecule has 0 aliphatic carbocycles. The maximum absolute atomic E-state index is 13.3. The van der Waals surface area contributed by atoms with Gasteiger partial charge in [-0.3, -0.25) is 14.6 Å². The molecule has 0 radical (unpaired) electrons. The third-order valence-electron chi connectivity index (χ3n) is 6.58. The molecule has 36 heavy (non-hydrogen) atoms. The summed E-state index contributed by atoms with van der Waals surface area (Å²) in [7, 11) is 0. The lowest BCUT2D eigenvalue weighted by molar-refractivity contribution is -0.123. The number of benzene rings is 2. The number of hydrogen-bond donors (Lipinski definition) is 2. The van der Waals surface area contributed by atoms with E-state index >= 15 is 0 Å². The van der Waals surface area contributed by atoms with Gasteiger partial charge in [0.1, 0.15) is 6.04 Å². The summed E-state index contributed by atoms with van der Waals surface area (Å²) in [5.74, 6) is -0.0799. The van der Waals surface area contributed by atoms with Gasteiger partial charge in [0, 0.05) is 47.4 Å². The lowest BCUT2D eigenvalue weighted by atomic mass is 9.96. The molecule has 1 atom stereocenters. The first-order valence-corrected chi connectivity index (χ1v) is 13.2. The van der Waals surface area contributed by atoms with Crippen LogP contribution in [0.4, 0.5) is 5.69 Å². The molecule has 2 aromatic carbocycles. The largest absolute Gasteiger partial charge is 0.371 e. The molecule has 0 unspecified atom stereocenters. The molecule has 0 spiro atoms. The van der Waals surface area contributed by atoms with Crippen LogP contribution in [0, 0.1) is 5.92 Å². The first-order valence-electron chi connectivity index (χ1n) is 12.0. The van der Waals surface area contributed by atoms with Crippen molar-refractivity contribution in [3.8, 4) is 0 Å². The summed E-state index contributed by atoms with van der Waals surface area (Å²) in [5, 5.41) is 7.64. The first kappa shape index (κ1) is 24.3. The number of hydrogen-bond acceptors (Lipinski definition) is 5. The number of pyridine rings is 1. The van der Waals surface area contributed by atoms with Gasteiger partial charge in [-0.15, -0.1) is 11.3 Å². The molecule has 8 heteroatoms. The molecule has 1 saturated heterocycles. The van der Waals surface area contributed by atoms with E-state index in [2.05, 4.69) is 20.5 Å². The molecule has 3 heterocycles. The summed E-state index contributed by atoms with van der Waals surface area (Å²) in [4.78, 5) is 33.4. The number of nitrogens with zero attached hydrogens (tertiary/aromatic N) is 2. The van der Waals surface area contributed by atoms with Crippen LogP contribution in [0.15, 0.2) is 79.1 Å². The van der Waals surface area contributed by atoms with Crippen LogP contribution >= 0.6 is 22.9 Å². The van der Waals surface area contributed by atoms with Crippen molar-refractivity contribution in [1.82, 2.24) is 15.6 Å². The number of halogens is 1. The van der Waals surface area contributed by atoms with Gasteiger partial charge >= 0.3 is 0 Å². The Labute approximate surface area is 219 Å². The smallest absolute Gasteiger partial charge is 0.262 e. The lowest BCUT2D eigenvalue weighted by Gasteiger charge is -2.33. The van der Waals surface area contributed by atoms with Gasteiger partial charge < -0.3 is 15.5 Å². The van der Waals surface area contributed by atoms with Crippen molar-refractivity contribution in [3.05, 3.63) is 94.6 Å². The minimum Gasteiger partial charge on any atom is -0.371 e. The van der Waals surface area contributed by atoms with Gasteiger partial charge in [0.05, 0.1) is 4.88 Å². The molecule has 6 nitrogen and oxygen atoms in total. The second-order valence-electron chi connectivity index (χ2n) is 8.99. The number of rotatable bonds is 7. The van der Waals surface area contributed by atoms with Crippen molar-refractivity contribution in [2.45, 2.75) is 18.9 Å². The van der Waals surface area contributed by atoms with Crippen molar-refractivity contribution in [3.63, 3.8) is 0 Å². The Morgan fingerprint density at radius 1 is 1.03 bits per heavy atom. The molecule has 184 valence electrons. The van der Waals surface area contributed by atoms with Gasteiger partial charge in [-0.1, -0.05) is 48.0 Å². The molecule has 0 saturated carbocycles. The Balaban J connectivity index is 1.23. The van der Waals surface area contributed by atoms with E-state index in [0.717, 1.165) is 41.6 Å². The molecular weight excluding hydrogens is 492 g/mol. The lowest BCUT2D eigenvalue weighted by Crippen LogP contribution is -2.43. The number of aromatic nitrogens is 1. The van der Waals surface area contributed by atoms with E-state index in [1.54, 1.807) is 6.07 Å². The standard InChI is InChI=1S/C28H27ClN4O2S/c29-22-7-6-21-16-25(36-24(21)17-22)27(34)32-26(20-4-2-1-3-5-20)28(35)31-18-19-10-14-33(15-11-19)23-8-12-30-13-9-23/h1-9,12-13,16-17,19,26H,10-11,14-15,18H2,(H,31,35)(H,32,34)/t26-/m1/s1. The van der Waals surface area contributed by atoms with Crippen LogP contribution in [0.2, 0.25) is 5.02 Å². The van der Waals surface area contributed by atoms with Crippen molar-refractivity contribution >= 4 is 50.5 Å². The topological polar surface area (TPSA) is 74.3 Å². The maximum Gasteiger partial charge on any atom is 0.262 e. The monoisotopic (exact) mass is 518 g/mol. The normalized spacial score (nSPS) is 15.0. The van der Waals surface area contributed by atoms with Crippen LogP contribution in [0.5, 0.6) is 0 Å². The number of amides is 2. The minimum atomic E-state index is -0.774. The van der Waals surface area contributed by atoms with E-state index in [9.17, 15) is 9.59 Å². The third-order valence-corrected chi connectivity index (χ3v) is 7.92. The zero-order valence-electron chi connectivity index (χ0n) is 19.7. The molecule has 1 fully saturated rings. The SMILES string of the molecule is O=C(N[C@@H](C(=O)NCC1CCN(c2ccncc2)CC1)c1ccccc1)c1cc2ccc(Cl)cc2s1. The van der Waals surface area contributed by atoms with Crippen LogP contribution in [0.25, 0.3) is 10.1 Å². The number of nitrogens with one attached hydrogen (secondary N) is 2. The molecule has 2 aromatic heterocycles. The Morgan fingerprint density at radius 2 is 1.78 bits per heavy atom. The van der Waals surface area contributed by atoms with Gasteiger partial charge in [0.2, 0.25) is 5.91 Å². The van der Waals surface area contributed by atoms with E-state index in [1.165, 1.54) is 17.0 Å². The molecule has 1 aliphatic rings. The van der Waals surface area contributed by atoms with E-state index in [1.807, 2.05) is 73.1 Å². The van der Waals surface area contributed by atoms with Crippen LogP contribution in [-0.2, 0) is 4.79 Å². The fraction of sp³-hybridized carbons (Fsp3) is 0.250. The molecule has 5 rings (SSSR count). The fourth-order valence-electron chi connectivity index (χ4n) is 4.56. The molecule has 1 aliphatic heterocycles. The molecule has 0 bridgehead atoms. The predicted molar refractivity (Wildman–Crippen MR) is 146 cm³/mol. The fourth-order valence-corrected chi connectivity index (χ4v) is 5.80. The zero-order valence-corrected chi connectivity index (χ0v) is 21.3. The van der Waals surface area contributed by atoms with Crippen LogP contribution < -0.4 is 15.5 Å². The van der Waals surface area contributed by atoms with E-state index in [-0.39, 0.29) is 11.8 Å². The second kappa shape index (κ2) is 11.1. The summed E-state index contributed by atoms with van der Waals surface area (Å²) in [6.45, 7) is 2.47. The summed E-state index contributed by atoms with van der Waals surface area (Å²) < 4.78 is 0.937. The number of fused-ring (bicyclic) bond motifs is 1. The maximum atomic E-state index is 13.3. The molecule has 2 N–H and O–H groups in total. The van der Waals surface area contributed by atoms with Crippen molar-refractivity contribution in [1.29, 1.82) is 0 Å². The van der Waals surface area contributed by atoms with E-state index in [4.69, 9.17) is 11.6 Å². The number of carbonyl (C=O) groups is 2. The number of anilines is 1. The molecular formula is C28H27ClN4O2S. The number of carbonyl (C=O) groups excluding carboxylic acids is 2. The quantitative estimate of drug-likeness (QED) is 0.341. The zero-order chi connectivity index (χ0) is 24.9. The van der Waals surface area contributed by atoms with E-state index < -0.39 is 6.04 Å². The van der Waals surface area contributed by atoms with Crippen LogP contribution in [0.3, 0.4) is 0 Å². The van der Waals surface area contributed by atoms with Gasteiger partial charge in [-0.05, 0) is 60.0 Å². The second-order valence-corrected chi connectivity index (χ2v) is 10.5. The third kappa shape index (κ3) is 5.69. The minimum absolute atomic E-state index is 0.199. The number of thiophene rings is 1. The Kier molecular flexibility index (Phi) is 7.49. The highest BCUT2D eigenvalue weighted by atomic mass is 35.5. The summed E-state index contributed by atoms with van der Waals surface area (Å²) >= 11 is 7.47. The first-order chi connectivity index (χ1) is 17.6. The Bertz CT molecular complexity index is 1340. The van der Waals surface area contributed by atoms with Crippen molar-refractivity contribution in [2.24, 2.45) is 5.92 Å². The number of piperidine rings is 1. The van der Waals surface area contributed by atoms with E-state index in [0.29, 0.717) is 22.4 Å². The highest BCUT2D eigenvalue weighted by molar-refractivity contribution is 7.20. The predicted octanol–water partition coefficient (Wildman–Crippen LogP) is 5.45. The van der Waals surface area contributed by atoms with Gasteiger partial charge in [0.25, 0.3) is 5.91 Å². The summed E-state index contributed by atoms with van der Waals surface area (Å²) in [5.41, 5.74) is 1.93. The van der Waals surface area contributed by atoms with Crippen molar-refractivity contribution < 1.29 is 9.59 Å². The summed E-state index contributed by atoms with van der Waals surface area (Å²) in [6, 6.07) is 20.0. The van der Waals surface area contributed by atoms with Crippen LogP contribution in [-0.4, -0.2) is 36.4 Å². The highest BCUT2D eigenvalue weighted by Crippen LogP contribution is 2.29. The molecule has 4 aromatic rings.